The van der Waals surface area contributed by atoms with Gasteiger partial charge >= 0.3 is 58.4 Å². The van der Waals surface area contributed by atoms with Gasteiger partial charge in [-0.05, 0) is 12.3 Å². The number of carbonyl (C=O) groups is 4. The second-order valence-electron chi connectivity index (χ2n) is 5.49. The molecule has 0 aromatic carbocycles. The standard InChI is InChI=1S/2C6H12O7.2CH2O3.3Zn/c2*7-1-2(8)3(9)4(10)5(11)6(12)13;2*2-1(3)4;;;/h2*2-5,7-11H,1H2,(H,12,13);2*(H2,2,3,4);;;/q;;;;3*+2/p-6. The largest absolute Gasteiger partial charge is 2.00 e. The molecule has 0 amide bonds. The topological polar surface area (TPSA) is 409 Å². The van der Waals surface area contributed by atoms with Gasteiger partial charge in [0.2, 0.25) is 0 Å². The van der Waals surface area contributed by atoms with E-state index in [1.165, 1.54) is 0 Å². The molecule has 204 valence electrons. The van der Waals surface area contributed by atoms with Crippen LogP contribution in [0.25, 0.3) is 0 Å². The fourth-order valence-corrected chi connectivity index (χ4v) is 1.32. The molecule has 23 heteroatoms. The van der Waals surface area contributed by atoms with E-state index in [0.29, 0.717) is 0 Å². The Labute approximate surface area is 245 Å². The van der Waals surface area contributed by atoms with Crippen LogP contribution in [-0.2, 0) is 68.0 Å². The van der Waals surface area contributed by atoms with Crippen molar-refractivity contribution in [2.45, 2.75) is 48.8 Å². The van der Waals surface area contributed by atoms with Gasteiger partial charge in [-0.1, -0.05) is 0 Å². The molecule has 0 spiro atoms. The van der Waals surface area contributed by atoms with Crippen LogP contribution in [0.2, 0.25) is 0 Å². The molecule has 0 saturated carbocycles. The first-order valence-corrected chi connectivity index (χ1v) is 8.13. The van der Waals surface area contributed by atoms with Crippen molar-refractivity contribution in [2.24, 2.45) is 0 Å². The maximum Gasteiger partial charge on any atom is 2.00 e. The molecule has 0 fully saturated rings. The van der Waals surface area contributed by atoms with Crippen LogP contribution in [0.4, 0.5) is 9.59 Å². The van der Waals surface area contributed by atoms with Crippen LogP contribution in [0.15, 0.2) is 0 Å². The summed E-state index contributed by atoms with van der Waals surface area (Å²) in [6.07, 6.45) is -20.8. The van der Waals surface area contributed by atoms with Gasteiger partial charge in [-0.3, -0.25) is 0 Å². The summed E-state index contributed by atoms with van der Waals surface area (Å²) in [6.45, 7) is -1.73. The average molecular weight is 706 g/mol. The first-order chi connectivity index (χ1) is 15.3. The molecule has 8 atom stereocenters. The predicted molar refractivity (Wildman–Crippen MR) is 83.0 cm³/mol. The molecule has 20 nitrogen and oxygen atoms in total. The molecule has 0 rings (SSSR count). The number of rotatable bonds is 10. The van der Waals surface area contributed by atoms with Crippen LogP contribution in [0.3, 0.4) is 0 Å². The van der Waals surface area contributed by atoms with E-state index in [-0.39, 0.29) is 58.4 Å². The van der Waals surface area contributed by atoms with Crippen LogP contribution in [0.5, 0.6) is 0 Å². The summed E-state index contributed by atoms with van der Waals surface area (Å²) in [6, 6.07) is 0. The third-order valence-corrected chi connectivity index (χ3v) is 2.99. The molecule has 0 aromatic heterocycles. The summed E-state index contributed by atoms with van der Waals surface area (Å²) in [4.78, 5) is 36.6. The minimum atomic E-state index is -2.33. The monoisotopic (exact) mass is 702 g/mol. The van der Waals surface area contributed by atoms with Gasteiger partial charge in [0.15, 0.2) is 0 Å². The van der Waals surface area contributed by atoms with Crippen LogP contribution in [-0.4, -0.2) is 137 Å². The zero-order valence-corrected chi connectivity index (χ0v) is 27.6. The Bertz CT molecular complexity index is 539. The molecule has 0 aliphatic carbocycles. The van der Waals surface area contributed by atoms with Crippen LogP contribution in [0.1, 0.15) is 0 Å². The molecule has 0 aliphatic heterocycles. The van der Waals surface area contributed by atoms with E-state index in [1.54, 1.807) is 0 Å². The molecule has 0 radical (unpaired) electrons. The molecule has 0 bridgehead atoms. The van der Waals surface area contributed by atoms with Crippen molar-refractivity contribution in [3.8, 4) is 0 Å². The fourth-order valence-electron chi connectivity index (χ4n) is 1.32. The molecule has 0 heterocycles. The van der Waals surface area contributed by atoms with Crippen molar-refractivity contribution in [3.05, 3.63) is 0 Å². The van der Waals surface area contributed by atoms with Crippen LogP contribution < -0.4 is 30.6 Å². The van der Waals surface area contributed by atoms with Crippen LogP contribution in [0, 0.1) is 0 Å². The van der Waals surface area contributed by atoms with E-state index in [2.05, 4.69) is 0 Å². The predicted octanol–water partition coefficient (Wildman–Crippen LogP) is -14.6. The minimum Gasteiger partial charge on any atom is -0.652 e. The van der Waals surface area contributed by atoms with Crippen molar-refractivity contribution in [2.75, 3.05) is 13.2 Å². The van der Waals surface area contributed by atoms with E-state index in [1.807, 2.05) is 0 Å². The molecule has 37 heavy (non-hydrogen) atoms. The van der Waals surface area contributed by atoms with Crippen LogP contribution >= 0.6 is 0 Å². The number of aliphatic hydroxyl groups excluding tert-OH is 10. The number of carboxylic acids is 2. The van der Waals surface area contributed by atoms with E-state index < -0.39 is 86.3 Å². The van der Waals surface area contributed by atoms with Crippen molar-refractivity contribution in [1.29, 1.82) is 0 Å². The average Bonchev–Trinajstić information content (AvgIpc) is 2.74. The smallest absolute Gasteiger partial charge is 0.652 e. The maximum absolute atomic E-state index is 9.98. The van der Waals surface area contributed by atoms with Gasteiger partial charge in [-0.25, -0.2) is 0 Å². The third-order valence-electron chi connectivity index (χ3n) is 2.99. The summed E-state index contributed by atoms with van der Waals surface area (Å²) >= 11 is 0. The van der Waals surface area contributed by atoms with E-state index >= 15 is 0 Å². The zero-order valence-electron chi connectivity index (χ0n) is 18.7. The van der Waals surface area contributed by atoms with Gasteiger partial charge in [0.05, 0.1) is 25.2 Å². The van der Waals surface area contributed by atoms with Crippen molar-refractivity contribution >= 4 is 24.2 Å². The summed E-state index contributed by atoms with van der Waals surface area (Å²) in [7, 11) is 0. The van der Waals surface area contributed by atoms with Gasteiger partial charge in [-0.15, -0.1) is 0 Å². The van der Waals surface area contributed by atoms with Crippen molar-refractivity contribution in [3.63, 3.8) is 0 Å². The molecule has 0 aromatic rings. The SMILES string of the molecule is O=C([O-])C(O)C(O)C(O)C(O)CO.O=C([O-])C(O)C(O)C(O)C(O)CO.O=C([O-])[O-].O=C([O-])[O-].[Zn+2].[Zn+2].[Zn+2]. The van der Waals surface area contributed by atoms with Gasteiger partial charge in [0.1, 0.15) is 48.8 Å². The number of carbonyl (C=O) groups excluding carboxylic acids is 4. The number of carboxylic acid groups (broad SMARTS) is 6. The Balaban J connectivity index is -0.0000000709. The molecule has 10 N–H and O–H groups in total. The Morgan fingerprint density at radius 1 is 0.459 bits per heavy atom. The van der Waals surface area contributed by atoms with Gasteiger partial charge in [0.25, 0.3) is 0 Å². The number of hydrogen-bond acceptors (Lipinski definition) is 20. The summed E-state index contributed by atoms with van der Waals surface area (Å²) in [5.41, 5.74) is 0. The minimum absolute atomic E-state index is 0. The Morgan fingerprint density at radius 3 is 0.730 bits per heavy atom. The number of aliphatic hydroxyl groups is 10. The fraction of sp³-hybridized carbons (Fsp3) is 0.714. The Morgan fingerprint density at radius 2 is 0.622 bits per heavy atom. The van der Waals surface area contributed by atoms with Gasteiger partial charge in [-0.2, -0.15) is 0 Å². The number of aliphatic carboxylic acids is 2. The first kappa shape index (κ1) is 52.4. The molecular weight excluding hydrogens is 684 g/mol. The Kier molecular flexibility index (Phi) is 41.8. The van der Waals surface area contributed by atoms with Crippen molar-refractivity contribution in [1.82, 2.24) is 0 Å². The molecule has 8 unspecified atom stereocenters. The molecule has 0 saturated heterocycles. The maximum atomic E-state index is 9.98. The molecule has 0 aliphatic rings. The zero-order chi connectivity index (χ0) is 28.3. The van der Waals surface area contributed by atoms with Crippen molar-refractivity contribution < 1.29 is 159 Å². The molecular formula is C14H22O20Zn3. The van der Waals surface area contributed by atoms with E-state index in [9.17, 15) is 19.8 Å². The summed E-state index contributed by atoms with van der Waals surface area (Å²) < 4.78 is 0. The summed E-state index contributed by atoms with van der Waals surface area (Å²) in [5.74, 6) is -3.95. The van der Waals surface area contributed by atoms with Gasteiger partial charge < -0.3 is 101 Å². The summed E-state index contributed by atoms with van der Waals surface area (Å²) in [5, 5.41) is 140. The third kappa shape index (κ3) is 31.1. The second kappa shape index (κ2) is 29.5. The first-order valence-electron chi connectivity index (χ1n) is 8.13. The van der Waals surface area contributed by atoms with Gasteiger partial charge in [0, 0.05) is 0 Å². The van der Waals surface area contributed by atoms with E-state index in [0.717, 1.165) is 0 Å². The van der Waals surface area contributed by atoms with E-state index in [4.69, 9.17) is 81.1 Å². The Hall–Kier alpha value is -1.05. The quantitative estimate of drug-likeness (QED) is 0.0942. The second-order valence-corrected chi connectivity index (χ2v) is 5.49. The normalized spacial score (nSPS) is 15.6. The number of hydrogen-bond donors (Lipinski definition) is 10.